The third kappa shape index (κ3) is 4.13. The number of hydrogen-bond donors (Lipinski definition) is 0. The predicted molar refractivity (Wildman–Crippen MR) is 73.5 cm³/mol. The van der Waals surface area contributed by atoms with E-state index in [9.17, 15) is 14.0 Å². The number of benzene rings is 1. The fourth-order valence-corrected chi connectivity index (χ4v) is 2.14. The van der Waals surface area contributed by atoms with E-state index in [0.717, 1.165) is 6.42 Å². The topological polar surface area (TPSA) is 43.4 Å². The predicted octanol–water partition coefficient (Wildman–Crippen LogP) is 3.75. The quantitative estimate of drug-likeness (QED) is 0.453. The summed E-state index contributed by atoms with van der Waals surface area (Å²) in [6.07, 6.45) is 1.93. The fourth-order valence-electron chi connectivity index (χ4n) is 1.78. The second kappa shape index (κ2) is 7.38. The van der Waals surface area contributed by atoms with Gasteiger partial charge in [0, 0.05) is 4.47 Å². The minimum absolute atomic E-state index is 0.0825. The van der Waals surface area contributed by atoms with Gasteiger partial charge in [-0.2, -0.15) is 0 Å². The number of esters is 1. The van der Waals surface area contributed by atoms with Gasteiger partial charge in [0.1, 0.15) is 11.7 Å². The molecule has 0 aromatic heterocycles. The molecule has 0 radical (unpaired) electrons. The molecule has 0 saturated heterocycles. The first kappa shape index (κ1) is 15.8. The maximum atomic E-state index is 13.7. The van der Waals surface area contributed by atoms with Crippen molar-refractivity contribution in [3.05, 3.63) is 34.1 Å². The summed E-state index contributed by atoms with van der Waals surface area (Å²) in [5.74, 6) is -2.70. The molecular formula is C14H16BrFO3. The van der Waals surface area contributed by atoms with Crippen LogP contribution in [-0.4, -0.2) is 18.9 Å². The highest BCUT2D eigenvalue weighted by Crippen LogP contribution is 2.22. The van der Waals surface area contributed by atoms with E-state index >= 15 is 0 Å². The molecule has 0 amide bonds. The average Bonchev–Trinajstić information content (AvgIpc) is 2.41. The summed E-state index contributed by atoms with van der Waals surface area (Å²) < 4.78 is 18.9. The van der Waals surface area contributed by atoms with E-state index in [4.69, 9.17) is 0 Å². The molecule has 3 nitrogen and oxygen atoms in total. The molecule has 1 aromatic rings. The molecule has 1 rings (SSSR count). The van der Waals surface area contributed by atoms with Crippen LogP contribution in [0.5, 0.6) is 0 Å². The molecule has 0 N–H and O–H groups in total. The van der Waals surface area contributed by atoms with Crippen LogP contribution in [0.4, 0.5) is 4.39 Å². The minimum Gasteiger partial charge on any atom is -0.468 e. The average molecular weight is 331 g/mol. The number of ketones is 1. The van der Waals surface area contributed by atoms with Gasteiger partial charge in [0.25, 0.3) is 0 Å². The van der Waals surface area contributed by atoms with Crippen LogP contribution in [0.25, 0.3) is 0 Å². The minimum atomic E-state index is -0.936. The third-order valence-corrected chi connectivity index (χ3v) is 3.34. The van der Waals surface area contributed by atoms with Crippen molar-refractivity contribution in [2.24, 2.45) is 5.92 Å². The Labute approximate surface area is 120 Å². The molecule has 19 heavy (non-hydrogen) atoms. The molecule has 0 saturated carbocycles. The lowest BCUT2D eigenvalue weighted by molar-refractivity contribution is -0.143. The van der Waals surface area contributed by atoms with Gasteiger partial charge >= 0.3 is 5.97 Å². The Hall–Kier alpha value is -1.23. The van der Waals surface area contributed by atoms with Crippen molar-refractivity contribution in [3.63, 3.8) is 0 Å². The van der Waals surface area contributed by atoms with E-state index in [0.29, 0.717) is 17.3 Å². The summed E-state index contributed by atoms with van der Waals surface area (Å²) in [6.45, 7) is 1.96. The summed E-state index contributed by atoms with van der Waals surface area (Å²) in [4.78, 5) is 23.9. The Morgan fingerprint density at radius 2 is 2.11 bits per heavy atom. The summed E-state index contributed by atoms with van der Waals surface area (Å²) in [5.41, 5.74) is -0.0825. The number of rotatable bonds is 6. The number of methoxy groups -OCH3 is 1. The van der Waals surface area contributed by atoms with Gasteiger partial charge in [-0.1, -0.05) is 35.7 Å². The highest BCUT2D eigenvalue weighted by atomic mass is 79.9. The normalized spacial score (nSPS) is 12.0. The number of carbonyl (C=O) groups excluding carboxylic acids is 2. The molecule has 0 bridgehead atoms. The van der Waals surface area contributed by atoms with Crippen LogP contribution < -0.4 is 0 Å². The van der Waals surface area contributed by atoms with Crippen molar-refractivity contribution in [1.29, 1.82) is 0 Å². The molecule has 0 aliphatic rings. The fraction of sp³-hybridized carbons (Fsp3) is 0.429. The molecule has 1 atom stereocenters. The third-order valence-electron chi connectivity index (χ3n) is 2.84. The summed E-state index contributed by atoms with van der Waals surface area (Å²) >= 11 is 3.19. The number of ether oxygens (including phenoxy) is 1. The number of carbonyl (C=O) groups is 2. The molecule has 0 fully saturated rings. The van der Waals surface area contributed by atoms with Crippen molar-refractivity contribution in [2.45, 2.75) is 26.2 Å². The Morgan fingerprint density at radius 3 is 2.68 bits per heavy atom. The van der Waals surface area contributed by atoms with Crippen molar-refractivity contribution in [1.82, 2.24) is 0 Å². The molecule has 0 aliphatic heterocycles. The first-order valence-electron chi connectivity index (χ1n) is 6.08. The van der Waals surface area contributed by atoms with E-state index in [1.807, 2.05) is 6.92 Å². The molecule has 0 heterocycles. The van der Waals surface area contributed by atoms with E-state index < -0.39 is 23.5 Å². The second-order valence-corrected chi connectivity index (χ2v) is 5.12. The van der Waals surface area contributed by atoms with Gasteiger partial charge in [0.2, 0.25) is 0 Å². The Bertz CT molecular complexity index is 474. The zero-order chi connectivity index (χ0) is 14.4. The highest BCUT2D eigenvalue weighted by Gasteiger charge is 2.29. The monoisotopic (exact) mass is 330 g/mol. The summed E-state index contributed by atoms with van der Waals surface area (Å²) in [7, 11) is 1.23. The van der Waals surface area contributed by atoms with E-state index in [2.05, 4.69) is 20.7 Å². The summed E-state index contributed by atoms with van der Waals surface area (Å²) in [6, 6.07) is 4.09. The van der Waals surface area contributed by atoms with Gasteiger partial charge in [0.15, 0.2) is 5.78 Å². The zero-order valence-corrected chi connectivity index (χ0v) is 12.5. The molecule has 1 unspecified atom stereocenters. The SMILES string of the molecule is CCCCC(C(=O)OC)C(=O)c1cc(Br)ccc1F. The largest absolute Gasteiger partial charge is 0.468 e. The lowest BCUT2D eigenvalue weighted by Gasteiger charge is -2.13. The van der Waals surface area contributed by atoms with Crippen LogP contribution in [0.15, 0.2) is 22.7 Å². The first-order chi connectivity index (χ1) is 9.01. The standard InChI is InChI=1S/C14H16BrFO3/c1-3-4-5-10(14(18)19-2)13(17)11-8-9(15)6-7-12(11)16/h6-8,10H,3-5H2,1-2H3. The maximum absolute atomic E-state index is 13.7. The van der Waals surface area contributed by atoms with Crippen LogP contribution in [0.3, 0.4) is 0 Å². The lowest BCUT2D eigenvalue weighted by atomic mass is 9.92. The highest BCUT2D eigenvalue weighted by molar-refractivity contribution is 9.10. The summed E-state index contributed by atoms with van der Waals surface area (Å²) in [5, 5.41) is 0. The van der Waals surface area contributed by atoms with Gasteiger partial charge in [-0.15, -0.1) is 0 Å². The van der Waals surface area contributed by atoms with Crippen LogP contribution in [-0.2, 0) is 9.53 Å². The van der Waals surface area contributed by atoms with Gasteiger partial charge in [0.05, 0.1) is 12.7 Å². The van der Waals surface area contributed by atoms with E-state index in [1.165, 1.54) is 25.3 Å². The smallest absolute Gasteiger partial charge is 0.316 e. The number of unbranched alkanes of at least 4 members (excludes halogenated alkanes) is 1. The second-order valence-electron chi connectivity index (χ2n) is 4.21. The molecule has 0 spiro atoms. The molecule has 0 aliphatic carbocycles. The van der Waals surface area contributed by atoms with Crippen molar-refractivity contribution in [3.8, 4) is 0 Å². The van der Waals surface area contributed by atoms with Gasteiger partial charge in [-0.25, -0.2) is 4.39 Å². The van der Waals surface area contributed by atoms with Crippen LogP contribution >= 0.6 is 15.9 Å². The molecule has 1 aromatic carbocycles. The van der Waals surface area contributed by atoms with E-state index in [-0.39, 0.29) is 5.56 Å². The van der Waals surface area contributed by atoms with Crippen molar-refractivity contribution >= 4 is 27.7 Å². The van der Waals surface area contributed by atoms with Crippen molar-refractivity contribution < 1.29 is 18.7 Å². The number of hydrogen-bond acceptors (Lipinski definition) is 3. The molecule has 104 valence electrons. The van der Waals surface area contributed by atoms with Crippen LogP contribution in [0.2, 0.25) is 0 Å². The van der Waals surface area contributed by atoms with Crippen LogP contribution in [0, 0.1) is 11.7 Å². The molecule has 5 heteroatoms. The zero-order valence-electron chi connectivity index (χ0n) is 10.9. The van der Waals surface area contributed by atoms with Gasteiger partial charge in [-0.05, 0) is 24.6 Å². The van der Waals surface area contributed by atoms with E-state index in [1.54, 1.807) is 0 Å². The Kier molecular flexibility index (Phi) is 6.15. The molecular weight excluding hydrogens is 315 g/mol. The number of halogens is 2. The Morgan fingerprint density at radius 1 is 1.42 bits per heavy atom. The number of Topliss-reactive ketones (excluding diaryl/α,β-unsaturated/α-hetero) is 1. The van der Waals surface area contributed by atoms with Gasteiger partial charge < -0.3 is 4.74 Å². The lowest BCUT2D eigenvalue weighted by Crippen LogP contribution is -2.26. The maximum Gasteiger partial charge on any atom is 0.316 e. The Balaban J connectivity index is 3.04. The first-order valence-corrected chi connectivity index (χ1v) is 6.87. The van der Waals surface area contributed by atoms with Crippen LogP contribution in [0.1, 0.15) is 36.5 Å². The van der Waals surface area contributed by atoms with Gasteiger partial charge in [-0.3, -0.25) is 9.59 Å². The van der Waals surface area contributed by atoms with Crippen molar-refractivity contribution in [2.75, 3.05) is 7.11 Å².